The molecule has 26 heavy (non-hydrogen) atoms. The summed E-state index contributed by atoms with van der Waals surface area (Å²) in [4.78, 5) is 4.61. The van der Waals surface area contributed by atoms with Gasteiger partial charge in [0, 0.05) is 18.2 Å². The molecule has 0 unspecified atom stereocenters. The number of halogens is 2. The largest absolute Gasteiger partial charge is 0.496 e. The van der Waals surface area contributed by atoms with Gasteiger partial charge >= 0.3 is 0 Å². The monoisotopic (exact) mass is 480 g/mol. The van der Waals surface area contributed by atoms with Crippen molar-refractivity contribution < 1.29 is 14.2 Å². The van der Waals surface area contributed by atoms with Crippen LogP contribution in [0.2, 0.25) is 0 Å². The number of aryl methyl sites for hydroxylation is 1. The zero-order chi connectivity index (χ0) is 18.8. The second-order valence-electron chi connectivity index (χ2n) is 5.60. The molecule has 0 radical (unpaired) electrons. The molecule has 0 atom stereocenters. The molecule has 2 aromatic carbocycles. The summed E-state index contributed by atoms with van der Waals surface area (Å²) in [5.41, 5.74) is 3.76. The molecule has 1 aromatic heterocycles. The second kappa shape index (κ2) is 7.72. The number of aromatic nitrogens is 2. The summed E-state index contributed by atoms with van der Waals surface area (Å²) in [6, 6.07) is 9.84. The van der Waals surface area contributed by atoms with E-state index >= 15 is 0 Å². The van der Waals surface area contributed by atoms with Crippen molar-refractivity contribution in [1.29, 1.82) is 0 Å². The zero-order valence-corrected chi connectivity index (χ0v) is 18.0. The lowest BCUT2D eigenvalue weighted by Gasteiger charge is -2.13. The van der Waals surface area contributed by atoms with Crippen LogP contribution in [0.3, 0.4) is 0 Å². The lowest BCUT2D eigenvalue weighted by Crippen LogP contribution is -1.95. The SMILES string of the molecule is COc1ccc(-c2c(-c3cc(OC)c(Br)c(OC)c3)ncn2C)cc1Br. The molecule has 0 spiro atoms. The van der Waals surface area contributed by atoms with E-state index in [0.717, 1.165) is 37.2 Å². The molecule has 0 aliphatic rings. The first-order chi connectivity index (χ1) is 12.5. The minimum Gasteiger partial charge on any atom is -0.496 e. The summed E-state index contributed by atoms with van der Waals surface area (Å²) in [5.74, 6) is 2.16. The van der Waals surface area contributed by atoms with Crippen LogP contribution in [-0.4, -0.2) is 30.9 Å². The molecule has 0 saturated heterocycles. The van der Waals surface area contributed by atoms with Gasteiger partial charge in [0.15, 0.2) is 0 Å². The summed E-state index contributed by atoms with van der Waals surface area (Å²) >= 11 is 7.06. The number of ether oxygens (including phenoxy) is 3. The Hall–Kier alpha value is -1.99. The molecule has 7 heteroatoms. The fourth-order valence-electron chi connectivity index (χ4n) is 2.80. The summed E-state index contributed by atoms with van der Waals surface area (Å²) < 4.78 is 19.9. The third-order valence-corrected chi connectivity index (χ3v) is 5.48. The van der Waals surface area contributed by atoms with Crippen LogP contribution in [-0.2, 0) is 7.05 Å². The first-order valence-corrected chi connectivity index (χ1v) is 9.35. The predicted octanol–water partition coefficient (Wildman–Crippen LogP) is 5.30. The average Bonchev–Trinajstić information content (AvgIpc) is 3.03. The van der Waals surface area contributed by atoms with E-state index in [4.69, 9.17) is 14.2 Å². The van der Waals surface area contributed by atoms with E-state index in [2.05, 4.69) is 36.8 Å². The van der Waals surface area contributed by atoms with Gasteiger partial charge < -0.3 is 18.8 Å². The van der Waals surface area contributed by atoms with Crippen molar-refractivity contribution in [2.45, 2.75) is 0 Å². The van der Waals surface area contributed by atoms with Crippen molar-refractivity contribution in [3.05, 3.63) is 45.6 Å². The third kappa shape index (κ3) is 3.33. The van der Waals surface area contributed by atoms with Gasteiger partial charge in [0.2, 0.25) is 0 Å². The number of hydrogen-bond donors (Lipinski definition) is 0. The molecule has 0 saturated carbocycles. The van der Waals surface area contributed by atoms with Crippen LogP contribution in [0.15, 0.2) is 45.6 Å². The fraction of sp³-hybridized carbons (Fsp3) is 0.211. The lowest BCUT2D eigenvalue weighted by molar-refractivity contribution is 0.390. The summed E-state index contributed by atoms with van der Waals surface area (Å²) in [5, 5.41) is 0. The van der Waals surface area contributed by atoms with Crippen molar-refractivity contribution in [2.75, 3.05) is 21.3 Å². The fourth-order valence-corrected chi connectivity index (χ4v) is 3.89. The van der Waals surface area contributed by atoms with Crippen LogP contribution < -0.4 is 14.2 Å². The molecule has 3 rings (SSSR count). The smallest absolute Gasteiger partial charge is 0.137 e. The highest BCUT2D eigenvalue weighted by Crippen LogP contribution is 2.41. The van der Waals surface area contributed by atoms with Crippen molar-refractivity contribution >= 4 is 31.9 Å². The molecule has 0 aliphatic heterocycles. The van der Waals surface area contributed by atoms with E-state index in [1.165, 1.54) is 0 Å². The summed E-state index contributed by atoms with van der Waals surface area (Å²) in [6.07, 6.45) is 1.80. The molecular weight excluding hydrogens is 464 g/mol. The molecule has 1 heterocycles. The highest BCUT2D eigenvalue weighted by molar-refractivity contribution is 9.11. The molecule has 136 valence electrons. The normalized spacial score (nSPS) is 10.7. The number of nitrogens with zero attached hydrogens (tertiary/aromatic N) is 2. The van der Waals surface area contributed by atoms with E-state index in [1.54, 1.807) is 27.7 Å². The van der Waals surface area contributed by atoms with Crippen molar-refractivity contribution in [1.82, 2.24) is 9.55 Å². The number of methoxy groups -OCH3 is 3. The molecule has 0 N–H and O–H groups in total. The molecule has 5 nitrogen and oxygen atoms in total. The van der Waals surface area contributed by atoms with E-state index in [0.29, 0.717) is 11.5 Å². The Kier molecular flexibility index (Phi) is 5.58. The maximum absolute atomic E-state index is 5.47. The molecule has 0 fully saturated rings. The molecule has 3 aromatic rings. The zero-order valence-electron chi connectivity index (χ0n) is 14.8. The number of benzene rings is 2. The maximum Gasteiger partial charge on any atom is 0.137 e. The summed E-state index contributed by atoms with van der Waals surface area (Å²) in [6.45, 7) is 0. The Morgan fingerprint density at radius 1 is 0.846 bits per heavy atom. The standard InChI is InChI=1S/C19H18Br2N2O3/c1-23-10-22-18(12-8-15(25-3)17(21)16(9-12)26-4)19(23)11-5-6-14(24-2)13(20)7-11/h5-10H,1-4H3. The van der Waals surface area contributed by atoms with Gasteiger partial charge in [-0.25, -0.2) is 4.98 Å². The van der Waals surface area contributed by atoms with Crippen LogP contribution in [0.4, 0.5) is 0 Å². The van der Waals surface area contributed by atoms with Crippen LogP contribution in [0.1, 0.15) is 0 Å². The van der Waals surface area contributed by atoms with E-state index < -0.39 is 0 Å². The Labute approximate surface area is 169 Å². The third-order valence-electron chi connectivity index (χ3n) is 4.08. The van der Waals surface area contributed by atoms with Gasteiger partial charge in [-0.15, -0.1) is 0 Å². The van der Waals surface area contributed by atoms with E-state index in [9.17, 15) is 0 Å². The first kappa shape index (κ1) is 18.8. The van der Waals surface area contributed by atoms with Crippen molar-refractivity contribution in [3.63, 3.8) is 0 Å². The van der Waals surface area contributed by atoms with Crippen molar-refractivity contribution in [3.8, 4) is 39.8 Å². The first-order valence-electron chi connectivity index (χ1n) is 7.77. The molecule has 0 aliphatic carbocycles. The van der Waals surface area contributed by atoms with E-state index in [1.807, 2.05) is 41.9 Å². The van der Waals surface area contributed by atoms with Gasteiger partial charge in [0.1, 0.15) is 21.7 Å². The Bertz CT molecular complexity index is 929. The quantitative estimate of drug-likeness (QED) is 0.495. The van der Waals surface area contributed by atoms with Gasteiger partial charge in [-0.2, -0.15) is 0 Å². The minimum atomic E-state index is 0.687. The van der Waals surface area contributed by atoms with Crippen LogP contribution in [0.25, 0.3) is 22.5 Å². The van der Waals surface area contributed by atoms with Crippen LogP contribution >= 0.6 is 31.9 Å². The Balaban J connectivity index is 2.19. The maximum atomic E-state index is 5.47. The topological polar surface area (TPSA) is 45.5 Å². The van der Waals surface area contributed by atoms with Gasteiger partial charge in [-0.3, -0.25) is 0 Å². The number of hydrogen-bond acceptors (Lipinski definition) is 4. The Morgan fingerprint density at radius 3 is 2.00 bits per heavy atom. The molecule has 0 bridgehead atoms. The number of imidazole rings is 1. The van der Waals surface area contributed by atoms with Gasteiger partial charge in [-0.05, 0) is 62.2 Å². The molecule has 0 amide bonds. The lowest BCUT2D eigenvalue weighted by atomic mass is 10.0. The van der Waals surface area contributed by atoms with Crippen LogP contribution in [0, 0.1) is 0 Å². The minimum absolute atomic E-state index is 0.687. The average molecular weight is 482 g/mol. The predicted molar refractivity (Wildman–Crippen MR) is 109 cm³/mol. The van der Waals surface area contributed by atoms with Gasteiger partial charge in [0.05, 0.1) is 43.5 Å². The Morgan fingerprint density at radius 2 is 1.46 bits per heavy atom. The van der Waals surface area contributed by atoms with E-state index in [-0.39, 0.29) is 0 Å². The molecular formula is C19H18Br2N2O3. The summed E-state index contributed by atoms with van der Waals surface area (Å²) in [7, 11) is 6.87. The van der Waals surface area contributed by atoms with Crippen molar-refractivity contribution in [2.24, 2.45) is 7.05 Å². The highest BCUT2D eigenvalue weighted by Gasteiger charge is 2.18. The second-order valence-corrected chi connectivity index (χ2v) is 7.24. The van der Waals surface area contributed by atoms with Crippen LogP contribution in [0.5, 0.6) is 17.2 Å². The van der Waals surface area contributed by atoms with Gasteiger partial charge in [0.25, 0.3) is 0 Å². The van der Waals surface area contributed by atoms with Gasteiger partial charge in [-0.1, -0.05) is 0 Å². The number of rotatable bonds is 5. The highest BCUT2D eigenvalue weighted by atomic mass is 79.9.